The molecule has 1 amide bonds. The van der Waals surface area contributed by atoms with Gasteiger partial charge in [-0.1, -0.05) is 27.5 Å². The van der Waals surface area contributed by atoms with Gasteiger partial charge in [-0.3, -0.25) is 9.69 Å². The minimum Gasteiger partial charge on any atom is -0.482 e. The zero-order valence-corrected chi connectivity index (χ0v) is 14.9. The smallest absolute Gasteiger partial charge is 0.257 e. The molecule has 1 saturated heterocycles. The van der Waals surface area contributed by atoms with Crippen molar-refractivity contribution in [2.75, 3.05) is 46.0 Å². The molecule has 0 atom stereocenters. The van der Waals surface area contributed by atoms with Crippen molar-refractivity contribution in [3.63, 3.8) is 0 Å². The number of carbonyl (C=O) groups is 1. The second kappa shape index (κ2) is 8.72. The predicted octanol–water partition coefficient (Wildman–Crippen LogP) is 2.24. The van der Waals surface area contributed by atoms with Gasteiger partial charge in [0.2, 0.25) is 0 Å². The molecule has 22 heavy (non-hydrogen) atoms. The molecule has 1 fully saturated rings. The average Bonchev–Trinajstić information content (AvgIpc) is 2.47. The van der Waals surface area contributed by atoms with E-state index in [0.717, 1.165) is 42.9 Å². The van der Waals surface area contributed by atoms with Crippen LogP contribution in [0.2, 0.25) is 5.02 Å². The van der Waals surface area contributed by atoms with Crippen LogP contribution >= 0.6 is 27.5 Å². The van der Waals surface area contributed by atoms with E-state index in [0.29, 0.717) is 17.3 Å². The van der Waals surface area contributed by atoms with E-state index < -0.39 is 0 Å². The number of ether oxygens (including phenoxy) is 2. The number of hydrogen-bond acceptors (Lipinski definition) is 4. The maximum atomic E-state index is 11.8. The molecule has 1 aromatic carbocycles. The van der Waals surface area contributed by atoms with Gasteiger partial charge >= 0.3 is 0 Å². The molecular formula is C15H20BrClN2O3. The van der Waals surface area contributed by atoms with E-state index in [2.05, 4.69) is 26.1 Å². The number of halogens is 2. The zero-order valence-electron chi connectivity index (χ0n) is 12.5. The Labute approximate surface area is 144 Å². The van der Waals surface area contributed by atoms with E-state index in [9.17, 15) is 4.79 Å². The highest BCUT2D eigenvalue weighted by Crippen LogP contribution is 2.31. The van der Waals surface area contributed by atoms with Gasteiger partial charge < -0.3 is 14.8 Å². The summed E-state index contributed by atoms with van der Waals surface area (Å²) in [5.74, 6) is 0.403. The topological polar surface area (TPSA) is 50.8 Å². The molecule has 0 saturated carbocycles. The first-order valence-corrected chi connectivity index (χ1v) is 8.38. The average molecular weight is 392 g/mol. The quantitative estimate of drug-likeness (QED) is 0.808. The van der Waals surface area contributed by atoms with Crippen LogP contribution in [0.3, 0.4) is 0 Å². The van der Waals surface area contributed by atoms with Crippen molar-refractivity contribution in [3.8, 4) is 5.75 Å². The van der Waals surface area contributed by atoms with Crippen LogP contribution < -0.4 is 10.1 Å². The molecule has 0 spiro atoms. The first-order valence-electron chi connectivity index (χ1n) is 7.21. The summed E-state index contributed by atoms with van der Waals surface area (Å²) in [5, 5.41) is 3.35. The van der Waals surface area contributed by atoms with Gasteiger partial charge in [-0.05, 0) is 24.6 Å². The Balaban J connectivity index is 1.71. The van der Waals surface area contributed by atoms with Crippen molar-refractivity contribution in [2.45, 2.75) is 6.92 Å². The molecule has 1 aliphatic rings. The maximum Gasteiger partial charge on any atom is 0.257 e. The largest absolute Gasteiger partial charge is 0.482 e. The number of morpholine rings is 1. The third kappa shape index (κ3) is 5.43. The van der Waals surface area contributed by atoms with Gasteiger partial charge in [0.15, 0.2) is 6.61 Å². The Morgan fingerprint density at radius 3 is 2.86 bits per heavy atom. The van der Waals surface area contributed by atoms with Crippen molar-refractivity contribution in [3.05, 3.63) is 27.2 Å². The first kappa shape index (κ1) is 17.5. The Morgan fingerprint density at radius 2 is 2.18 bits per heavy atom. The van der Waals surface area contributed by atoms with E-state index in [1.165, 1.54) is 0 Å². The molecule has 7 heteroatoms. The molecule has 122 valence electrons. The summed E-state index contributed by atoms with van der Waals surface area (Å²) in [5.41, 5.74) is 0.889. The van der Waals surface area contributed by atoms with Gasteiger partial charge in [0.1, 0.15) is 5.75 Å². The Kier molecular flexibility index (Phi) is 6.95. The fraction of sp³-hybridized carbons (Fsp3) is 0.533. The summed E-state index contributed by atoms with van der Waals surface area (Å²) >= 11 is 9.49. The van der Waals surface area contributed by atoms with E-state index in [-0.39, 0.29) is 12.5 Å². The lowest BCUT2D eigenvalue weighted by Crippen LogP contribution is -2.42. The van der Waals surface area contributed by atoms with Gasteiger partial charge in [0.25, 0.3) is 5.91 Å². The number of rotatable bonds is 6. The lowest BCUT2D eigenvalue weighted by molar-refractivity contribution is -0.123. The summed E-state index contributed by atoms with van der Waals surface area (Å²) in [6.07, 6.45) is 0. The van der Waals surface area contributed by atoms with Crippen LogP contribution in [0.25, 0.3) is 0 Å². The first-order chi connectivity index (χ1) is 10.6. The number of benzene rings is 1. The van der Waals surface area contributed by atoms with E-state index in [1.54, 1.807) is 6.07 Å². The number of carbonyl (C=O) groups excluding carboxylic acids is 1. The minimum atomic E-state index is -0.147. The standard InChI is InChI=1S/C15H20BrClN2O3/c1-11-8-12(16)9-13(17)15(11)22-10-14(20)18-2-3-19-4-6-21-7-5-19/h8-9H,2-7,10H2,1H3,(H,18,20). The van der Waals surface area contributed by atoms with Crippen LogP contribution in [0.5, 0.6) is 5.75 Å². The van der Waals surface area contributed by atoms with Gasteiger partial charge in [-0.2, -0.15) is 0 Å². The SMILES string of the molecule is Cc1cc(Br)cc(Cl)c1OCC(=O)NCCN1CCOCC1. The number of hydrogen-bond donors (Lipinski definition) is 1. The molecule has 0 radical (unpaired) electrons. The minimum absolute atomic E-state index is 0.0364. The summed E-state index contributed by atoms with van der Waals surface area (Å²) in [4.78, 5) is 14.1. The normalized spacial score (nSPS) is 15.6. The summed E-state index contributed by atoms with van der Waals surface area (Å²) in [6, 6.07) is 3.65. The molecule has 5 nitrogen and oxygen atoms in total. The second-order valence-electron chi connectivity index (χ2n) is 5.13. The molecular weight excluding hydrogens is 372 g/mol. The summed E-state index contributed by atoms with van der Waals surface area (Å²) in [7, 11) is 0. The monoisotopic (exact) mass is 390 g/mol. The van der Waals surface area contributed by atoms with Gasteiger partial charge in [0, 0.05) is 30.7 Å². The Bertz CT molecular complexity index is 499. The van der Waals surface area contributed by atoms with E-state index >= 15 is 0 Å². The van der Waals surface area contributed by atoms with E-state index in [1.807, 2.05) is 13.0 Å². The summed E-state index contributed by atoms with van der Waals surface area (Å²) in [6.45, 7) is 6.65. The highest BCUT2D eigenvalue weighted by Gasteiger charge is 2.12. The third-order valence-electron chi connectivity index (χ3n) is 3.40. The molecule has 1 heterocycles. The number of nitrogens with one attached hydrogen (secondary N) is 1. The highest BCUT2D eigenvalue weighted by molar-refractivity contribution is 9.10. The van der Waals surface area contributed by atoms with Crippen molar-refractivity contribution in [2.24, 2.45) is 0 Å². The number of nitrogens with zero attached hydrogens (tertiary/aromatic N) is 1. The van der Waals surface area contributed by atoms with Crippen LogP contribution in [0.1, 0.15) is 5.56 Å². The molecule has 1 aliphatic heterocycles. The zero-order chi connectivity index (χ0) is 15.9. The fourth-order valence-electron chi connectivity index (χ4n) is 2.24. The molecule has 2 rings (SSSR count). The number of amides is 1. The number of aryl methyl sites for hydroxylation is 1. The second-order valence-corrected chi connectivity index (χ2v) is 6.45. The van der Waals surface area contributed by atoms with Crippen molar-refractivity contribution >= 4 is 33.4 Å². The van der Waals surface area contributed by atoms with Gasteiger partial charge in [-0.15, -0.1) is 0 Å². The highest BCUT2D eigenvalue weighted by atomic mass is 79.9. The van der Waals surface area contributed by atoms with Gasteiger partial charge in [-0.25, -0.2) is 0 Å². The Hall–Kier alpha value is -0.820. The molecule has 1 aromatic rings. The molecule has 0 aliphatic carbocycles. The molecule has 0 bridgehead atoms. The lowest BCUT2D eigenvalue weighted by atomic mass is 10.2. The van der Waals surface area contributed by atoms with Crippen molar-refractivity contribution in [1.29, 1.82) is 0 Å². The van der Waals surface area contributed by atoms with Crippen LogP contribution in [0.4, 0.5) is 0 Å². The van der Waals surface area contributed by atoms with Crippen molar-refractivity contribution < 1.29 is 14.3 Å². The molecule has 0 unspecified atom stereocenters. The van der Waals surface area contributed by atoms with Gasteiger partial charge in [0.05, 0.1) is 18.2 Å². The molecule has 0 aromatic heterocycles. The van der Waals surface area contributed by atoms with Crippen LogP contribution in [0, 0.1) is 6.92 Å². The summed E-state index contributed by atoms with van der Waals surface area (Å²) < 4.78 is 11.7. The predicted molar refractivity (Wildman–Crippen MR) is 89.7 cm³/mol. The fourth-order valence-corrected chi connectivity index (χ4v) is 3.26. The van der Waals surface area contributed by atoms with Crippen LogP contribution in [0.15, 0.2) is 16.6 Å². The third-order valence-corrected chi connectivity index (χ3v) is 4.13. The van der Waals surface area contributed by atoms with Crippen LogP contribution in [-0.4, -0.2) is 56.8 Å². The van der Waals surface area contributed by atoms with Crippen molar-refractivity contribution in [1.82, 2.24) is 10.2 Å². The molecule has 1 N–H and O–H groups in total. The lowest BCUT2D eigenvalue weighted by Gasteiger charge is -2.26. The Morgan fingerprint density at radius 1 is 1.45 bits per heavy atom. The van der Waals surface area contributed by atoms with Crippen LogP contribution in [-0.2, 0) is 9.53 Å². The van der Waals surface area contributed by atoms with E-state index in [4.69, 9.17) is 21.1 Å². The maximum absolute atomic E-state index is 11.8.